The number of sulfonamides is 1. The van der Waals surface area contributed by atoms with Crippen molar-refractivity contribution in [2.24, 2.45) is 0 Å². The molecule has 6 heteroatoms. The van der Waals surface area contributed by atoms with Crippen LogP contribution in [0.3, 0.4) is 0 Å². The van der Waals surface area contributed by atoms with Crippen LogP contribution < -0.4 is 0 Å². The second kappa shape index (κ2) is 6.35. The normalized spacial score (nSPS) is 19.9. The third-order valence-electron chi connectivity index (χ3n) is 3.61. The van der Waals surface area contributed by atoms with Gasteiger partial charge < -0.3 is 5.11 Å². The number of hydrogen-bond acceptors (Lipinski definition) is 4. The second-order valence-electron chi connectivity index (χ2n) is 4.91. The van der Waals surface area contributed by atoms with Gasteiger partial charge in [-0.15, -0.1) is 0 Å². The smallest absolute Gasteiger partial charge is 0.243 e. The van der Waals surface area contributed by atoms with Crippen LogP contribution in [-0.2, 0) is 10.0 Å². The Morgan fingerprint density at radius 2 is 2.05 bits per heavy atom. The minimum Gasteiger partial charge on any atom is -0.396 e. The molecule has 0 amide bonds. The lowest BCUT2D eigenvalue weighted by molar-refractivity contribution is 0.264. The number of nitrogens with zero attached hydrogens (tertiary/aromatic N) is 2. The van der Waals surface area contributed by atoms with Crippen LogP contribution in [0.25, 0.3) is 0 Å². The Morgan fingerprint density at radius 1 is 1.35 bits per heavy atom. The molecule has 1 aromatic rings. The lowest BCUT2D eigenvalue weighted by atomic mass is 10.1. The summed E-state index contributed by atoms with van der Waals surface area (Å²) in [5.41, 5.74) is 0.446. The molecule has 0 spiro atoms. The number of aliphatic hydroxyl groups excluding tert-OH is 1. The first kappa shape index (κ1) is 15.0. The van der Waals surface area contributed by atoms with Crippen LogP contribution in [0.5, 0.6) is 0 Å². The van der Waals surface area contributed by atoms with E-state index >= 15 is 0 Å². The van der Waals surface area contributed by atoms with E-state index in [0.29, 0.717) is 24.9 Å². The Balaban J connectivity index is 2.22. The zero-order chi connectivity index (χ0) is 14.6. The van der Waals surface area contributed by atoms with Gasteiger partial charge in [0.2, 0.25) is 10.0 Å². The lowest BCUT2D eigenvalue weighted by Crippen LogP contribution is -2.35. The molecule has 0 aliphatic carbocycles. The fourth-order valence-corrected chi connectivity index (χ4v) is 4.30. The van der Waals surface area contributed by atoms with Crippen LogP contribution in [0.4, 0.5) is 0 Å². The SMILES string of the molecule is N#Cc1ccc(S(=O)(=O)N2CCCC2CCCO)cc1. The van der Waals surface area contributed by atoms with Gasteiger partial charge in [-0.05, 0) is 49.9 Å². The fraction of sp³-hybridized carbons (Fsp3) is 0.500. The molecule has 5 nitrogen and oxygen atoms in total. The molecule has 1 aliphatic heterocycles. The topological polar surface area (TPSA) is 81.4 Å². The maximum Gasteiger partial charge on any atom is 0.243 e. The Bertz CT molecular complexity index is 590. The minimum absolute atomic E-state index is 0.0252. The highest BCUT2D eigenvalue weighted by atomic mass is 32.2. The molecule has 1 atom stereocenters. The average Bonchev–Trinajstić information content (AvgIpc) is 2.94. The summed E-state index contributed by atoms with van der Waals surface area (Å²) in [7, 11) is -3.50. The van der Waals surface area contributed by atoms with Gasteiger partial charge in [0, 0.05) is 19.2 Å². The van der Waals surface area contributed by atoms with Gasteiger partial charge in [0.1, 0.15) is 0 Å². The van der Waals surface area contributed by atoms with E-state index in [0.717, 1.165) is 12.8 Å². The monoisotopic (exact) mass is 294 g/mol. The van der Waals surface area contributed by atoms with Crippen molar-refractivity contribution in [2.75, 3.05) is 13.2 Å². The van der Waals surface area contributed by atoms with Gasteiger partial charge in [0.05, 0.1) is 16.5 Å². The van der Waals surface area contributed by atoms with Crippen LogP contribution in [0.1, 0.15) is 31.2 Å². The summed E-state index contributed by atoms with van der Waals surface area (Å²) < 4.78 is 26.7. The van der Waals surface area contributed by atoms with Crippen LogP contribution in [-0.4, -0.2) is 37.0 Å². The molecule has 1 heterocycles. The molecule has 20 heavy (non-hydrogen) atoms. The standard InChI is InChI=1S/C14H18N2O3S/c15-11-12-5-7-14(8-6-12)20(18,19)16-9-1-3-13(16)4-2-10-17/h5-8,13,17H,1-4,9-10H2. The van der Waals surface area contributed by atoms with E-state index < -0.39 is 10.0 Å². The lowest BCUT2D eigenvalue weighted by Gasteiger charge is -2.23. The van der Waals surface area contributed by atoms with E-state index in [1.54, 1.807) is 0 Å². The van der Waals surface area contributed by atoms with Crippen molar-refractivity contribution in [2.45, 2.75) is 36.6 Å². The minimum atomic E-state index is -3.50. The first-order valence-electron chi connectivity index (χ1n) is 6.72. The van der Waals surface area contributed by atoms with Crippen molar-refractivity contribution >= 4 is 10.0 Å². The quantitative estimate of drug-likeness (QED) is 0.892. The van der Waals surface area contributed by atoms with E-state index in [2.05, 4.69) is 0 Å². The van der Waals surface area contributed by atoms with E-state index in [1.165, 1.54) is 28.6 Å². The largest absolute Gasteiger partial charge is 0.396 e. The summed E-state index contributed by atoms with van der Waals surface area (Å²) in [6, 6.07) is 7.95. The molecule has 1 aliphatic rings. The summed E-state index contributed by atoms with van der Waals surface area (Å²) in [5.74, 6) is 0. The van der Waals surface area contributed by atoms with Crippen molar-refractivity contribution < 1.29 is 13.5 Å². The van der Waals surface area contributed by atoms with Gasteiger partial charge in [-0.25, -0.2) is 8.42 Å². The van der Waals surface area contributed by atoms with E-state index in [4.69, 9.17) is 10.4 Å². The molecule has 2 rings (SSSR count). The summed E-state index contributed by atoms with van der Waals surface area (Å²) in [6.45, 7) is 0.611. The Hall–Kier alpha value is -1.42. The van der Waals surface area contributed by atoms with E-state index in [9.17, 15) is 8.42 Å². The predicted octanol–water partition coefficient (Wildman–Crippen LogP) is 1.48. The zero-order valence-electron chi connectivity index (χ0n) is 11.2. The summed E-state index contributed by atoms with van der Waals surface area (Å²) in [6.07, 6.45) is 3.00. The van der Waals surface area contributed by atoms with Crippen molar-refractivity contribution in [3.63, 3.8) is 0 Å². The fourth-order valence-electron chi connectivity index (χ4n) is 2.58. The van der Waals surface area contributed by atoms with Crippen molar-refractivity contribution in [1.29, 1.82) is 5.26 Å². The van der Waals surface area contributed by atoms with Crippen LogP contribution in [0.2, 0.25) is 0 Å². The zero-order valence-corrected chi connectivity index (χ0v) is 12.0. The van der Waals surface area contributed by atoms with Crippen molar-refractivity contribution in [3.05, 3.63) is 29.8 Å². The Morgan fingerprint density at radius 3 is 2.65 bits per heavy atom. The first-order chi connectivity index (χ1) is 9.59. The van der Waals surface area contributed by atoms with Crippen molar-refractivity contribution in [1.82, 2.24) is 4.31 Å². The third kappa shape index (κ3) is 3.01. The van der Waals surface area contributed by atoms with E-state index in [1.807, 2.05) is 6.07 Å². The van der Waals surface area contributed by atoms with Gasteiger partial charge in [-0.3, -0.25) is 0 Å². The summed E-state index contributed by atoms with van der Waals surface area (Å²) >= 11 is 0. The molecule has 1 fully saturated rings. The molecule has 1 saturated heterocycles. The first-order valence-corrected chi connectivity index (χ1v) is 8.16. The number of rotatable bonds is 5. The molecule has 0 radical (unpaired) electrons. The molecule has 1 aromatic carbocycles. The Labute approximate surface area is 119 Å². The third-order valence-corrected chi connectivity index (χ3v) is 5.57. The van der Waals surface area contributed by atoms with E-state index in [-0.39, 0.29) is 17.5 Å². The Kier molecular flexibility index (Phi) is 4.76. The number of nitriles is 1. The van der Waals surface area contributed by atoms with Gasteiger partial charge in [0.15, 0.2) is 0 Å². The number of aliphatic hydroxyl groups is 1. The second-order valence-corrected chi connectivity index (χ2v) is 6.80. The molecular weight excluding hydrogens is 276 g/mol. The highest BCUT2D eigenvalue weighted by Crippen LogP contribution is 2.28. The molecule has 1 N–H and O–H groups in total. The predicted molar refractivity (Wildman–Crippen MR) is 74.4 cm³/mol. The molecular formula is C14H18N2O3S. The van der Waals surface area contributed by atoms with Gasteiger partial charge in [0.25, 0.3) is 0 Å². The van der Waals surface area contributed by atoms with Gasteiger partial charge in [-0.2, -0.15) is 9.57 Å². The summed E-state index contributed by atoms with van der Waals surface area (Å²) in [4.78, 5) is 0.229. The summed E-state index contributed by atoms with van der Waals surface area (Å²) in [5, 5.41) is 17.6. The highest BCUT2D eigenvalue weighted by Gasteiger charge is 2.34. The molecule has 1 unspecified atom stereocenters. The highest BCUT2D eigenvalue weighted by molar-refractivity contribution is 7.89. The maximum atomic E-state index is 12.6. The van der Waals surface area contributed by atoms with Crippen LogP contribution in [0.15, 0.2) is 29.2 Å². The van der Waals surface area contributed by atoms with Gasteiger partial charge in [-0.1, -0.05) is 0 Å². The van der Waals surface area contributed by atoms with Gasteiger partial charge >= 0.3 is 0 Å². The number of hydrogen-bond donors (Lipinski definition) is 1. The average molecular weight is 294 g/mol. The molecule has 108 valence electrons. The van der Waals surface area contributed by atoms with Crippen LogP contribution in [0, 0.1) is 11.3 Å². The molecule has 0 aromatic heterocycles. The molecule has 0 saturated carbocycles. The van der Waals surface area contributed by atoms with Crippen LogP contribution >= 0.6 is 0 Å². The maximum absolute atomic E-state index is 12.6. The molecule has 0 bridgehead atoms. The number of benzene rings is 1. The van der Waals surface area contributed by atoms with Crippen molar-refractivity contribution in [3.8, 4) is 6.07 Å².